The SMILES string of the molecule is COC(=O)c1c(-c2cccnc2)n[nH]c1C. The zero-order valence-electron chi connectivity index (χ0n) is 9.02. The molecule has 0 aliphatic carbocycles. The topological polar surface area (TPSA) is 67.9 Å². The highest BCUT2D eigenvalue weighted by atomic mass is 16.5. The highest BCUT2D eigenvalue weighted by Gasteiger charge is 2.19. The number of H-pyrrole nitrogens is 1. The van der Waals surface area contributed by atoms with Gasteiger partial charge in [0.1, 0.15) is 11.3 Å². The van der Waals surface area contributed by atoms with E-state index >= 15 is 0 Å². The summed E-state index contributed by atoms with van der Waals surface area (Å²) in [6.45, 7) is 1.78. The Balaban J connectivity index is 2.55. The molecule has 0 aliphatic rings. The second kappa shape index (κ2) is 4.14. The van der Waals surface area contributed by atoms with Gasteiger partial charge in [-0.3, -0.25) is 10.1 Å². The van der Waals surface area contributed by atoms with E-state index in [-0.39, 0.29) is 0 Å². The van der Waals surface area contributed by atoms with Crippen LogP contribution in [0, 0.1) is 6.92 Å². The standard InChI is InChI=1S/C11H11N3O2/c1-7-9(11(15)16-2)10(14-13-7)8-4-3-5-12-6-8/h3-6H,1-2H3,(H,13,14). The fraction of sp³-hybridized carbons (Fsp3) is 0.182. The van der Waals surface area contributed by atoms with Crippen LogP contribution >= 0.6 is 0 Å². The third kappa shape index (κ3) is 1.67. The van der Waals surface area contributed by atoms with Crippen LogP contribution in [-0.4, -0.2) is 28.3 Å². The first-order valence-corrected chi connectivity index (χ1v) is 4.77. The van der Waals surface area contributed by atoms with Crippen molar-refractivity contribution in [3.8, 4) is 11.3 Å². The molecule has 0 aliphatic heterocycles. The molecule has 0 spiro atoms. The van der Waals surface area contributed by atoms with Crippen LogP contribution in [0.1, 0.15) is 16.1 Å². The van der Waals surface area contributed by atoms with E-state index in [1.165, 1.54) is 7.11 Å². The highest BCUT2D eigenvalue weighted by molar-refractivity contribution is 5.97. The molecule has 0 amide bonds. The lowest BCUT2D eigenvalue weighted by Gasteiger charge is -2.01. The minimum absolute atomic E-state index is 0.398. The summed E-state index contributed by atoms with van der Waals surface area (Å²) in [4.78, 5) is 15.6. The molecule has 2 aromatic heterocycles. The van der Waals surface area contributed by atoms with Gasteiger partial charge in [-0.05, 0) is 19.1 Å². The molecule has 82 valence electrons. The first-order chi connectivity index (χ1) is 7.74. The molecule has 16 heavy (non-hydrogen) atoms. The zero-order valence-corrected chi connectivity index (χ0v) is 9.02. The molecule has 0 saturated heterocycles. The van der Waals surface area contributed by atoms with Crippen molar-refractivity contribution in [1.82, 2.24) is 15.2 Å². The summed E-state index contributed by atoms with van der Waals surface area (Å²) in [5, 5.41) is 6.86. The van der Waals surface area contributed by atoms with Crippen LogP contribution in [0.5, 0.6) is 0 Å². The number of rotatable bonds is 2. The van der Waals surface area contributed by atoms with Crippen molar-refractivity contribution in [2.24, 2.45) is 0 Å². The van der Waals surface area contributed by atoms with Crippen molar-refractivity contribution in [2.45, 2.75) is 6.92 Å². The predicted octanol–water partition coefficient (Wildman–Crippen LogP) is 1.57. The number of aryl methyl sites for hydroxylation is 1. The van der Waals surface area contributed by atoms with Crippen LogP contribution in [0.15, 0.2) is 24.5 Å². The van der Waals surface area contributed by atoms with Gasteiger partial charge in [0.15, 0.2) is 0 Å². The Morgan fingerprint density at radius 2 is 2.31 bits per heavy atom. The third-order valence-electron chi connectivity index (χ3n) is 2.27. The molecule has 0 bridgehead atoms. The first kappa shape index (κ1) is 10.4. The minimum atomic E-state index is -0.398. The Hall–Kier alpha value is -2.17. The summed E-state index contributed by atoms with van der Waals surface area (Å²) in [6.07, 6.45) is 3.32. The number of carbonyl (C=O) groups excluding carboxylic acids is 1. The van der Waals surface area contributed by atoms with Gasteiger partial charge in [-0.1, -0.05) is 0 Å². The van der Waals surface area contributed by atoms with Gasteiger partial charge in [0.25, 0.3) is 0 Å². The number of aromatic nitrogens is 3. The number of methoxy groups -OCH3 is 1. The molecular weight excluding hydrogens is 206 g/mol. The molecule has 2 heterocycles. The Morgan fingerprint density at radius 1 is 1.50 bits per heavy atom. The summed E-state index contributed by atoms with van der Waals surface area (Å²) in [5.74, 6) is -0.398. The number of ether oxygens (including phenoxy) is 1. The average molecular weight is 217 g/mol. The smallest absolute Gasteiger partial charge is 0.341 e. The van der Waals surface area contributed by atoms with Gasteiger partial charge in [0, 0.05) is 23.7 Å². The number of nitrogens with one attached hydrogen (secondary N) is 1. The molecule has 0 aromatic carbocycles. The number of hydrogen-bond donors (Lipinski definition) is 1. The Bertz CT molecular complexity index is 505. The molecule has 2 rings (SSSR count). The summed E-state index contributed by atoms with van der Waals surface area (Å²) >= 11 is 0. The van der Waals surface area contributed by atoms with Crippen molar-refractivity contribution >= 4 is 5.97 Å². The maximum Gasteiger partial charge on any atom is 0.341 e. The number of pyridine rings is 1. The van der Waals surface area contributed by atoms with E-state index in [1.54, 1.807) is 25.4 Å². The van der Waals surface area contributed by atoms with Gasteiger partial charge in [0.05, 0.1) is 7.11 Å². The number of nitrogens with zero attached hydrogens (tertiary/aromatic N) is 2. The Morgan fingerprint density at radius 3 is 2.94 bits per heavy atom. The second-order valence-electron chi connectivity index (χ2n) is 3.31. The van der Waals surface area contributed by atoms with Gasteiger partial charge in [-0.25, -0.2) is 4.79 Å². The van der Waals surface area contributed by atoms with Gasteiger partial charge in [-0.2, -0.15) is 5.10 Å². The average Bonchev–Trinajstić information content (AvgIpc) is 2.71. The van der Waals surface area contributed by atoms with E-state index in [4.69, 9.17) is 4.74 Å². The molecule has 5 nitrogen and oxygen atoms in total. The molecule has 0 saturated carbocycles. The molecule has 0 atom stereocenters. The second-order valence-corrected chi connectivity index (χ2v) is 3.31. The van der Waals surface area contributed by atoms with Crippen LogP contribution < -0.4 is 0 Å². The molecule has 0 radical (unpaired) electrons. The van der Waals surface area contributed by atoms with E-state index < -0.39 is 5.97 Å². The van der Waals surface area contributed by atoms with Crippen LogP contribution in [0.3, 0.4) is 0 Å². The van der Waals surface area contributed by atoms with Crippen molar-refractivity contribution < 1.29 is 9.53 Å². The van der Waals surface area contributed by atoms with Crippen molar-refractivity contribution in [3.63, 3.8) is 0 Å². The van der Waals surface area contributed by atoms with E-state index in [9.17, 15) is 4.79 Å². The maximum absolute atomic E-state index is 11.6. The van der Waals surface area contributed by atoms with Gasteiger partial charge in [-0.15, -0.1) is 0 Å². The third-order valence-corrected chi connectivity index (χ3v) is 2.27. The zero-order chi connectivity index (χ0) is 11.5. The lowest BCUT2D eigenvalue weighted by molar-refractivity contribution is 0.0601. The van der Waals surface area contributed by atoms with Crippen molar-refractivity contribution in [2.75, 3.05) is 7.11 Å². The Kier molecular flexibility index (Phi) is 2.68. The quantitative estimate of drug-likeness (QED) is 0.775. The van der Waals surface area contributed by atoms with Crippen LogP contribution in [0.2, 0.25) is 0 Å². The lowest BCUT2D eigenvalue weighted by Crippen LogP contribution is -2.03. The largest absolute Gasteiger partial charge is 0.465 e. The molecule has 1 N–H and O–H groups in total. The maximum atomic E-state index is 11.6. The monoisotopic (exact) mass is 217 g/mol. The minimum Gasteiger partial charge on any atom is -0.465 e. The van der Waals surface area contributed by atoms with Crippen LogP contribution in [0.25, 0.3) is 11.3 Å². The van der Waals surface area contributed by atoms with E-state index in [1.807, 2.05) is 6.07 Å². The number of hydrogen-bond acceptors (Lipinski definition) is 4. The Labute approximate surface area is 92.5 Å². The molecule has 2 aromatic rings. The van der Waals surface area contributed by atoms with E-state index in [2.05, 4.69) is 15.2 Å². The van der Waals surface area contributed by atoms with Crippen LogP contribution in [0.4, 0.5) is 0 Å². The highest BCUT2D eigenvalue weighted by Crippen LogP contribution is 2.23. The normalized spacial score (nSPS) is 10.1. The van der Waals surface area contributed by atoms with Crippen LogP contribution in [-0.2, 0) is 4.74 Å². The predicted molar refractivity (Wildman–Crippen MR) is 57.9 cm³/mol. The molecule has 0 unspecified atom stereocenters. The van der Waals surface area contributed by atoms with Crippen molar-refractivity contribution in [3.05, 3.63) is 35.8 Å². The fourth-order valence-corrected chi connectivity index (χ4v) is 1.49. The molecular formula is C11H11N3O2. The number of carbonyl (C=O) groups is 1. The summed E-state index contributed by atoms with van der Waals surface area (Å²) in [7, 11) is 1.35. The van der Waals surface area contributed by atoms with E-state index in [0.29, 0.717) is 17.0 Å². The van der Waals surface area contributed by atoms with Gasteiger partial charge < -0.3 is 4.74 Å². The van der Waals surface area contributed by atoms with Gasteiger partial charge >= 0.3 is 5.97 Å². The van der Waals surface area contributed by atoms with E-state index in [0.717, 1.165) is 5.56 Å². The number of esters is 1. The lowest BCUT2D eigenvalue weighted by atomic mass is 10.1. The summed E-state index contributed by atoms with van der Waals surface area (Å²) < 4.78 is 4.72. The van der Waals surface area contributed by atoms with Crippen molar-refractivity contribution in [1.29, 1.82) is 0 Å². The first-order valence-electron chi connectivity index (χ1n) is 4.77. The summed E-state index contributed by atoms with van der Waals surface area (Å²) in [5.41, 5.74) is 2.49. The summed E-state index contributed by atoms with van der Waals surface area (Å²) in [6, 6.07) is 3.63. The molecule has 0 fully saturated rings. The fourth-order valence-electron chi connectivity index (χ4n) is 1.49. The molecule has 5 heteroatoms. The van der Waals surface area contributed by atoms with Gasteiger partial charge in [0.2, 0.25) is 0 Å². The number of aromatic amines is 1.